The van der Waals surface area contributed by atoms with Gasteiger partial charge in [0, 0.05) is 11.8 Å². The highest BCUT2D eigenvalue weighted by Crippen LogP contribution is 2.30. The van der Waals surface area contributed by atoms with Gasteiger partial charge in [-0.05, 0) is 24.7 Å². The Morgan fingerprint density at radius 3 is 2.47 bits per heavy atom. The van der Waals surface area contributed by atoms with Crippen molar-refractivity contribution in [1.82, 2.24) is 5.32 Å². The summed E-state index contributed by atoms with van der Waals surface area (Å²) in [4.78, 5) is 4.92. The van der Waals surface area contributed by atoms with Crippen molar-refractivity contribution in [3.63, 3.8) is 0 Å². The molecule has 1 fully saturated rings. The number of rotatable bonds is 1. The third kappa shape index (κ3) is 3.90. The zero-order chi connectivity index (χ0) is 12.3. The fraction of sp³-hybridized carbons (Fsp3) is 0.929. The first-order valence-electron chi connectivity index (χ1n) is 7.03. The summed E-state index contributed by atoms with van der Waals surface area (Å²) in [5.74, 6) is 1.22. The van der Waals surface area contributed by atoms with Gasteiger partial charge in [0.1, 0.15) is 0 Å². The van der Waals surface area contributed by atoms with Crippen LogP contribution in [0.5, 0.6) is 0 Å². The maximum atomic E-state index is 4.92. The molecule has 2 rings (SSSR count). The van der Waals surface area contributed by atoms with E-state index in [1.807, 2.05) is 11.8 Å². The molecule has 1 aliphatic carbocycles. The minimum absolute atomic E-state index is 0.306. The van der Waals surface area contributed by atoms with E-state index in [-0.39, 0.29) is 0 Å². The van der Waals surface area contributed by atoms with E-state index in [9.17, 15) is 0 Å². The molecule has 0 aromatic heterocycles. The van der Waals surface area contributed by atoms with Crippen LogP contribution in [-0.2, 0) is 0 Å². The van der Waals surface area contributed by atoms with Crippen molar-refractivity contribution in [2.75, 3.05) is 5.75 Å². The van der Waals surface area contributed by atoms with Crippen molar-refractivity contribution in [2.24, 2.45) is 10.4 Å². The van der Waals surface area contributed by atoms with Gasteiger partial charge in [0.2, 0.25) is 0 Å². The van der Waals surface area contributed by atoms with Gasteiger partial charge in [0.25, 0.3) is 0 Å². The monoisotopic (exact) mass is 254 g/mol. The van der Waals surface area contributed by atoms with Crippen molar-refractivity contribution in [3.8, 4) is 0 Å². The first-order valence-corrected chi connectivity index (χ1v) is 8.01. The number of thioether (sulfide) groups is 1. The molecule has 1 atom stereocenters. The summed E-state index contributed by atoms with van der Waals surface area (Å²) in [5, 5.41) is 4.88. The maximum absolute atomic E-state index is 4.92. The molecule has 0 aromatic rings. The van der Waals surface area contributed by atoms with E-state index in [0.29, 0.717) is 17.5 Å². The predicted octanol–water partition coefficient (Wildman–Crippen LogP) is 3.82. The number of hydrogen-bond donors (Lipinski definition) is 1. The van der Waals surface area contributed by atoms with E-state index >= 15 is 0 Å². The average molecular weight is 254 g/mol. The molecule has 1 saturated carbocycles. The zero-order valence-electron chi connectivity index (χ0n) is 11.5. The molecule has 1 N–H and O–H groups in total. The maximum Gasteiger partial charge on any atom is 0.157 e. The second-order valence-electron chi connectivity index (χ2n) is 6.43. The Balaban J connectivity index is 1.93. The van der Waals surface area contributed by atoms with Crippen LogP contribution in [-0.4, -0.2) is 23.0 Å². The molecule has 0 radical (unpaired) electrons. The molecule has 3 heteroatoms. The fourth-order valence-electron chi connectivity index (χ4n) is 2.64. The van der Waals surface area contributed by atoms with Crippen LogP contribution in [0.2, 0.25) is 0 Å². The molecular weight excluding hydrogens is 228 g/mol. The molecule has 98 valence electrons. The normalized spacial score (nSPS) is 27.7. The summed E-state index contributed by atoms with van der Waals surface area (Å²) in [6.45, 7) is 6.90. The smallest absolute Gasteiger partial charge is 0.157 e. The molecule has 0 bridgehead atoms. The highest BCUT2D eigenvalue weighted by Gasteiger charge is 2.28. The summed E-state index contributed by atoms with van der Waals surface area (Å²) in [6, 6.07) is 1.18. The Morgan fingerprint density at radius 1 is 1.12 bits per heavy atom. The third-order valence-electron chi connectivity index (χ3n) is 3.84. The fourth-order valence-corrected chi connectivity index (χ4v) is 3.62. The SMILES string of the molecule is CC(C)(C)C1CCSC(NC2CCCCC2)=N1. The Morgan fingerprint density at radius 2 is 1.82 bits per heavy atom. The molecule has 1 heterocycles. The van der Waals surface area contributed by atoms with Gasteiger partial charge >= 0.3 is 0 Å². The van der Waals surface area contributed by atoms with Gasteiger partial charge in [-0.1, -0.05) is 51.8 Å². The van der Waals surface area contributed by atoms with Gasteiger partial charge in [0.05, 0.1) is 6.04 Å². The van der Waals surface area contributed by atoms with E-state index in [4.69, 9.17) is 4.99 Å². The van der Waals surface area contributed by atoms with Gasteiger partial charge in [0.15, 0.2) is 5.17 Å². The minimum atomic E-state index is 0.306. The molecule has 1 unspecified atom stereocenters. The molecule has 2 nitrogen and oxygen atoms in total. The molecule has 17 heavy (non-hydrogen) atoms. The highest BCUT2D eigenvalue weighted by molar-refractivity contribution is 8.13. The van der Waals surface area contributed by atoms with Crippen molar-refractivity contribution in [1.29, 1.82) is 0 Å². The van der Waals surface area contributed by atoms with Crippen LogP contribution >= 0.6 is 11.8 Å². The van der Waals surface area contributed by atoms with E-state index in [2.05, 4.69) is 26.1 Å². The Hall–Kier alpha value is -0.180. The van der Waals surface area contributed by atoms with Crippen LogP contribution in [0.3, 0.4) is 0 Å². The lowest BCUT2D eigenvalue weighted by atomic mass is 9.85. The zero-order valence-corrected chi connectivity index (χ0v) is 12.3. The van der Waals surface area contributed by atoms with Crippen LogP contribution in [0.4, 0.5) is 0 Å². The van der Waals surface area contributed by atoms with Crippen LogP contribution in [0.1, 0.15) is 59.3 Å². The lowest BCUT2D eigenvalue weighted by molar-refractivity contribution is 0.314. The van der Waals surface area contributed by atoms with Crippen molar-refractivity contribution in [3.05, 3.63) is 0 Å². The van der Waals surface area contributed by atoms with Crippen LogP contribution < -0.4 is 5.32 Å². The van der Waals surface area contributed by atoms with Gasteiger partial charge in [-0.2, -0.15) is 0 Å². The summed E-state index contributed by atoms with van der Waals surface area (Å²) >= 11 is 1.92. The van der Waals surface area contributed by atoms with Crippen molar-refractivity contribution < 1.29 is 0 Å². The topological polar surface area (TPSA) is 24.4 Å². The lowest BCUT2D eigenvalue weighted by Crippen LogP contribution is -2.39. The lowest BCUT2D eigenvalue weighted by Gasteiger charge is -2.32. The summed E-state index contributed by atoms with van der Waals surface area (Å²) in [7, 11) is 0. The minimum Gasteiger partial charge on any atom is -0.362 e. The van der Waals surface area contributed by atoms with Gasteiger partial charge in [-0.25, -0.2) is 0 Å². The van der Waals surface area contributed by atoms with E-state index in [1.165, 1.54) is 49.4 Å². The summed E-state index contributed by atoms with van der Waals surface area (Å²) < 4.78 is 0. The Labute approximate surface area is 110 Å². The molecule has 0 aromatic carbocycles. The van der Waals surface area contributed by atoms with Crippen LogP contribution in [0, 0.1) is 5.41 Å². The first-order chi connectivity index (χ1) is 8.05. The molecule has 0 saturated heterocycles. The van der Waals surface area contributed by atoms with Gasteiger partial charge in [-0.15, -0.1) is 0 Å². The van der Waals surface area contributed by atoms with Crippen LogP contribution in [0.15, 0.2) is 4.99 Å². The molecule has 0 spiro atoms. The molecule has 0 amide bonds. The second-order valence-corrected chi connectivity index (χ2v) is 7.52. The number of amidine groups is 1. The molecule has 1 aliphatic heterocycles. The highest BCUT2D eigenvalue weighted by atomic mass is 32.2. The van der Waals surface area contributed by atoms with Gasteiger partial charge in [-0.3, -0.25) is 4.99 Å². The summed E-state index contributed by atoms with van der Waals surface area (Å²) in [5.41, 5.74) is 0.306. The van der Waals surface area contributed by atoms with Crippen molar-refractivity contribution >= 4 is 16.9 Å². The first kappa shape index (κ1) is 13.3. The Kier molecular flexibility index (Phi) is 4.40. The van der Waals surface area contributed by atoms with E-state index in [0.717, 1.165) is 0 Å². The number of hydrogen-bond acceptors (Lipinski definition) is 3. The largest absolute Gasteiger partial charge is 0.362 e. The summed E-state index contributed by atoms with van der Waals surface area (Å²) in [6.07, 6.45) is 8.09. The molecule has 2 aliphatic rings. The van der Waals surface area contributed by atoms with Crippen LogP contribution in [0.25, 0.3) is 0 Å². The number of nitrogens with one attached hydrogen (secondary N) is 1. The van der Waals surface area contributed by atoms with E-state index < -0.39 is 0 Å². The van der Waals surface area contributed by atoms with Gasteiger partial charge < -0.3 is 5.32 Å². The standard InChI is InChI=1S/C14H26N2S/c1-14(2,3)12-9-10-17-13(16-12)15-11-7-5-4-6-8-11/h11-12H,4-10H2,1-3H3,(H,15,16). The van der Waals surface area contributed by atoms with Crippen molar-refractivity contribution in [2.45, 2.75) is 71.4 Å². The second kappa shape index (κ2) is 5.64. The quantitative estimate of drug-likeness (QED) is 0.769. The number of nitrogens with zero attached hydrogens (tertiary/aromatic N) is 1. The average Bonchev–Trinajstić information content (AvgIpc) is 2.29. The Bertz CT molecular complexity index is 274. The predicted molar refractivity (Wildman–Crippen MR) is 77.8 cm³/mol. The third-order valence-corrected chi connectivity index (χ3v) is 4.77. The molecular formula is C14H26N2S. The number of aliphatic imine (C=N–C) groups is 1. The van der Waals surface area contributed by atoms with E-state index in [1.54, 1.807) is 0 Å².